The highest BCUT2D eigenvalue weighted by molar-refractivity contribution is 5.71. The maximum Gasteiger partial charge on any atom is 0.208 e. The maximum absolute atomic E-state index is 10.0. The Bertz CT molecular complexity index is 189. The minimum Gasteiger partial charge on any atom is -0.337 e. The molecule has 1 amide bonds. The van der Waals surface area contributed by atoms with E-state index in [1.165, 1.54) is 0 Å². The van der Waals surface area contributed by atoms with Crippen molar-refractivity contribution in [3.05, 3.63) is 12.3 Å². The minimum absolute atomic E-state index is 0.0961. The lowest BCUT2D eigenvalue weighted by Crippen LogP contribution is -2.46. The van der Waals surface area contributed by atoms with Gasteiger partial charge in [-0.05, 0) is 13.0 Å². The third-order valence-electron chi connectivity index (χ3n) is 1.31. The van der Waals surface area contributed by atoms with Gasteiger partial charge in [0.1, 0.15) is 6.17 Å². The van der Waals surface area contributed by atoms with E-state index in [0.29, 0.717) is 6.41 Å². The highest BCUT2D eigenvalue weighted by Crippen LogP contribution is 1.93. The summed E-state index contributed by atoms with van der Waals surface area (Å²) in [5.41, 5.74) is 2.70. The van der Waals surface area contributed by atoms with Crippen LogP contribution < -0.4 is 10.9 Å². The number of hydrazine groups is 1. The molecule has 5 nitrogen and oxygen atoms in total. The van der Waals surface area contributed by atoms with Gasteiger partial charge in [0.05, 0.1) is 6.21 Å². The Morgan fingerprint density at radius 1 is 1.82 bits per heavy atom. The summed E-state index contributed by atoms with van der Waals surface area (Å²) in [4.78, 5) is 10.0. The molecule has 1 aliphatic rings. The fraction of sp³-hybridized carbons (Fsp3) is 0.333. The van der Waals surface area contributed by atoms with Gasteiger partial charge in [-0.2, -0.15) is 5.10 Å². The van der Waals surface area contributed by atoms with Crippen LogP contribution in [0.15, 0.2) is 17.4 Å². The zero-order valence-corrected chi connectivity index (χ0v) is 6.19. The fourth-order valence-corrected chi connectivity index (χ4v) is 0.702. The van der Waals surface area contributed by atoms with E-state index < -0.39 is 0 Å². The van der Waals surface area contributed by atoms with Crippen molar-refractivity contribution < 1.29 is 4.79 Å². The molecule has 0 fully saturated rings. The summed E-state index contributed by atoms with van der Waals surface area (Å²) in [6.07, 6.45) is 5.75. The van der Waals surface area contributed by atoms with Crippen molar-refractivity contribution in [3.63, 3.8) is 0 Å². The average Bonchev–Trinajstić information content (AvgIpc) is 2.07. The number of rotatable bonds is 3. The van der Waals surface area contributed by atoms with Crippen molar-refractivity contribution in [1.29, 1.82) is 0 Å². The summed E-state index contributed by atoms with van der Waals surface area (Å²) in [6.45, 7) is 1.84. The Kier molecular flexibility index (Phi) is 2.48. The van der Waals surface area contributed by atoms with Crippen LogP contribution in [-0.2, 0) is 4.79 Å². The first-order chi connectivity index (χ1) is 5.34. The van der Waals surface area contributed by atoms with Crippen molar-refractivity contribution in [2.24, 2.45) is 5.10 Å². The van der Waals surface area contributed by atoms with Crippen molar-refractivity contribution in [1.82, 2.24) is 15.9 Å². The van der Waals surface area contributed by atoms with E-state index in [4.69, 9.17) is 0 Å². The summed E-state index contributed by atoms with van der Waals surface area (Å²) in [7, 11) is 0. The zero-order valence-electron chi connectivity index (χ0n) is 6.19. The molecule has 0 aromatic rings. The molecule has 0 spiro atoms. The van der Waals surface area contributed by atoms with E-state index >= 15 is 0 Å². The number of nitrogens with one attached hydrogen (secondary N) is 2. The van der Waals surface area contributed by atoms with Crippen LogP contribution in [0.4, 0.5) is 0 Å². The van der Waals surface area contributed by atoms with E-state index in [9.17, 15) is 4.79 Å². The molecule has 1 unspecified atom stereocenters. The van der Waals surface area contributed by atoms with Crippen molar-refractivity contribution in [2.75, 3.05) is 0 Å². The zero-order chi connectivity index (χ0) is 8.10. The lowest BCUT2D eigenvalue weighted by atomic mass is 10.5. The van der Waals surface area contributed by atoms with Gasteiger partial charge in [-0.15, -0.1) is 0 Å². The second kappa shape index (κ2) is 3.60. The Morgan fingerprint density at radius 2 is 2.64 bits per heavy atom. The molecule has 0 aromatic carbocycles. The van der Waals surface area contributed by atoms with Crippen molar-refractivity contribution in [2.45, 2.75) is 13.1 Å². The van der Waals surface area contributed by atoms with Gasteiger partial charge in [-0.1, -0.05) is 0 Å². The molecule has 1 aliphatic heterocycles. The molecule has 0 radical (unpaired) electrons. The number of hydrogen-bond acceptors (Lipinski definition) is 4. The van der Waals surface area contributed by atoms with Gasteiger partial charge in [0.2, 0.25) is 6.41 Å². The molecule has 0 bridgehead atoms. The first kappa shape index (κ1) is 7.59. The second-order valence-corrected chi connectivity index (χ2v) is 2.09. The van der Waals surface area contributed by atoms with Gasteiger partial charge in [-0.25, -0.2) is 5.53 Å². The van der Waals surface area contributed by atoms with Crippen LogP contribution in [0.3, 0.4) is 0 Å². The van der Waals surface area contributed by atoms with Crippen LogP contribution in [-0.4, -0.2) is 23.8 Å². The molecule has 0 saturated heterocycles. The molecule has 11 heavy (non-hydrogen) atoms. The average molecular weight is 154 g/mol. The molecular formula is C6H10N4O. The molecule has 2 N–H and O–H groups in total. The SMILES string of the molecule is CC(NC=O)N1C=CC=NN1. The minimum atomic E-state index is -0.0961. The molecule has 60 valence electrons. The third-order valence-corrected chi connectivity index (χ3v) is 1.31. The Morgan fingerprint density at radius 3 is 3.18 bits per heavy atom. The van der Waals surface area contributed by atoms with E-state index in [1.807, 2.05) is 6.92 Å². The van der Waals surface area contributed by atoms with Crippen LogP contribution in [0.2, 0.25) is 0 Å². The number of hydrazone groups is 1. The van der Waals surface area contributed by atoms with Gasteiger partial charge in [0.25, 0.3) is 0 Å². The van der Waals surface area contributed by atoms with Crippen LogP contribution in [0.1, 0.15) is 6.92 Å². The number of hydrogen-bond donors (Lipinski definition) is 2. The monoisotopic (exact) mass is 154 g/mol. The van der Waals surface area contributed by atoms with Gasteiger partial charge >= 0.3 is 0 Å². The summed E-state index contributed by atoms with van der Waals surface area (Å²) in [5.74, 6) is 0. The fourth-order valence-electron chi connectivity index (χ4n) is 0.702. The predicted molar refractivity (Wildman–Crippen MR) is 41.3 cm³/mol. The lowest BCUT2D eigenvalue weighted by molar-refractivity contribution is -0.111. The molecule has 0 aromatic heterocycles. The summed E-state index contributed by atoms with van der Waals surface area (Å²) in [5, 5.41) is 8.02. The molecule has 0 saturated carbocycles. The molecule has 0 aliphatic carbocycles. The highest BCUT2D eigenvalue weighted by atomic mass is 16.1. The predicted octanol–water partition coefficient (Wildman–Crippen LogP) is -0.602. The van der Waals surface area contributed by atoms with Gasteiger partial charge in [0, 0.05) is 6.20 Å². The summed E-state index contributed by atoms with van der Waals surface area (Å²) >= 11 is 0. The summed E-state index contributed by atoms with van der Waals surface area (Å²) in [6, 6.07) is 0. The molecule has 5 heteroatoms. The van der Waals surface area contributed by atoms with E-state index in [2.05, 4.69) is 16.0 Å². The molecule has 1 rings (SSSR count). The maximum atomic E-state index is 10.0. The van der Waals surface area contributed by atoms with Crippen LogP contribution >= 0.6 is 0 Å². The number of carbonyl (C=O) groups is 1. The standard InChI is InChI=1S/C6H10N4O/c1-6(7-5-11)10-4-2-3-8-9-10/h2-6,9H,1H3,(H,7,11). The van der Waals surface area contributed by atoms with Gasteiger partial charge < -0.3 is 5.32 Å². The Labute approximate surface area is 64.7 Å². The quantitative estimate of drug-likeness (QED) is 0.533. The number of allylic oxidation sites excluding steroid dienone is 1. The first-order valence-corrected chi connectivity index (χ1v) is 3.28. The lowest BCUT2D eigenvalue weighted by Gasteiger charge is -2.26. The van der Waals surface area contributed by atoms with Crippen molar-refractivity contribution in [3.8, 4) is 0 Å². The number of carbonyl (C=O) groups excluding carboxylic acids is 1. The van der Waals surface area contributed by atoms with Crippen molar-refractivity contribution >= 4 is 12.6 Å². The summed E-state index contributed by atoms with van der Waals surface area (Å²) < 4.78 is 0. The topological polar surface area (TPSA) is 56.7 Å². The first-order valence-electron chi connectivity index (χ1n) is 3.28. The second-order valence-electron chi connectivity index (χ2n) is 2.09. The van der Waals surface area contributed by atoms with Crippen LogP contribution in [0, 0.1) is 0 Å². The molecule has 1 atom stereocenters. The molecule has 1 heterocycles. The third kappa shape index (κ3) is 1.96. The van der Waals surface area contributed by atoms with Gasteiger partial charge in [0.15, 0.2) is 0 Å². The smallest absolute Gasteiger partial charge is 0.208 e. The van der Waals surface area contributed by atoms with Crippen LogP contribution in [0.5, 0.6) is 0 Å². The normalized spacial score (nSPS) is 17.4. The highest BCUT2D eigenvalue weighted by Gasteiger charge is 2.07. The van der Waals surface area contributed by atoms with Gasteiger partial charge in [-0.3, -0.25) is 9.80 Å². The number of nitrogens with zero attached hydrogens (tertiary/aromatic N) is 2. The largest absolute Gasteiger partial charge is 0.337 e. The number of amides is 1. The Balaban J connectivity index is 2.41. The van der Waals surface area contributed by atoms with E-state index in [1.54, 1.807) is 23.5 Å². The Hall–Kier alpha value is -1.52. The van der Waals surface area contributed by atoms with E-state index in [0.717, 1.165) is 0 Å². The molecular weight excluding hydrogens is 144 g/mol. The van der Waals surface area contributed by atoms with Crippen LogP contribution in [0.25, 0.3) is 0 Å². The van der Waals surface area contributed by atoms with E-state index in [-0.39, 0.29) is 6.17 Å².